The number of nitrogens with one attached hydrogen (secondary N) is 1. The van der Waals surface area contributed by atoms with Crippen LogP contribution in [0.25, 0.3) is 10.9 Å². The number of nitrogens with zero attached hydrogens (tertiary/aromatic N) is 2. The number of methoxy groups -OCH3 is 1. The van der Waals surface area contributed by atoms with Crippen molar-refractivity contribution in [2.45, 2.75) is 0 Å². The largest absolute Gasteiger partial charge is 0.497 e. The average molecular weight is 415 g/mol. The average Bonchev–Trinajstić information content (AvgIpc) is 2.57. The molecule has 4 nitrogen and oxygen atoms in total. The molecule has 0 aliphatic carbocycles. The molecular weight excluding hydrogens is 404 g/mol. The highest BCUT2D eigenvalue weighted by Crippen LogP contribution is 2.33. The molecule has 0 radical (unpaired) electrons. The Labute approximate surface area is 164 Å². The molecule has 0 bridgehead atoms. The maximum Gasteiger partial charge on any atom is 0.138 e. The van der Waals surface area contributed by atoms with Crippen molar-refractivity contribution < 1.29 is 4.74 Å². The minimum Gasteiger partial charge on any atom is -0.497 e. The van der Waals surface area contributed by atoms with Crippen molar-refractivity contribution in [1.82, 2.24) is 4.98 Å². The third kappa shape index (κ3) is 4.10. The van der Waals surface area contributed by atoms with Crippen LogP contribution >= 0.6 is 46.4 Å². The smallest absolute Gasteiger partial charge is 0.138 e. The van der Waals surface area contributed by atoms with Crippen LogP contribution in [0.5, 0.6) is 5.75 Å². The normalized spacial score (nSPS) is 11.2. The Kier molecular flexibility index (Phi) is 5.54. The van der Waals surface area contributed by atoms with E-state index in [0.717, 1.165) is 16.7 Å². The molecule has 1 N–H and O–H groups in total. The number of hydrogen-bond donors (Lipinski definition) is 1. The molecule has 8 heteroatoms. The first-order valence-electron chi connectivity index (χ1n) is 7.06. The summed E-state index contributed by atoms with van der Waals surface area (Å²) in [6.45, 7) is 0. The quantitative estimate of drug-likeness (QED) is 0.309. The highest BCUT2D eigenvalue weighted by molar-refractivity contribution is 6.41. The summed E-state index contributed by atoms with van der Waals surface area (Å²) >= 11 is 24.3. The number of ether oxygens (including phenoxy) is 1. The van der Waals surface area contributed by atoms with E-state index < -0.39 is 0 Å². The van der Waals surface area contributed by atoms with Gasteiger partial charge in [-0.2, -0.15) is 5.10 Å². The molecular formula is C17H11Cl4N3O. The molecule has 2 aromatic carbocycles. The number of rotatable bonds is 4. The Morgan fingerprint density at radius 1 is 1.04 bits per heavy atom. The molecule has 0 aliphatic heterocycles. The van der Waals surface area contributed by atoms with Gasteiger partial charge >= 0.3 is 0 Å². The lowest BCUT2D eigenvalue weighted by atomic mass is 10.1. The molecule has 1 aromatic heterocycles. The Balaban J connectivity index is 1.89. The molecule has 0 amide bonds. The van der Waals surface area contributed by atoms with Crippen LogP contribution in [-0.4, -0.2) is 18.3 Å². The second-order valence-corrected chi connectivity index (χ2v) is 6.65. The lowest BCUT2D eigenvalue weighted by Crippen LogP contribution is -1.95. The Hall–Kier alpha value is -1.72. The van der Waals surface area contributed by atoms with Crippen LogP contribution in [0.1, 0.15) is 5.56 Å². The molecule has 25 heavy (non-hydrogen) atoms. The fourth-order valence-corrected chi connectivity index (χ4v) is 3.28. The lowest BCUT2D eigenvalue weighted by molar-refractivity contribution is 0.415. The minimum atomic E-state index is 0.330. The Morgan fingerprint density at radius 2 is 1.76 bits per heavy atom. The number of fused-ring (bicyclic) bond motifs is 1. The summed E-state index contributed by atoms with van der Waals surface area (Å²) in [4.78, 5) is 4.34. The monoisotopic (exact) mass is 413 g/mol. The highest BCUT2D eigenvalue weighted by atomic mass is 35.5. The van der Waals surface area contributed by atoms with Crippen molar-refractivity contribution in [2.24, 2.45) is 5.10 Å². The van der Waals surface area contributed by atoms with Gasteiger partial charge in [0.25, 0.3) is 0 Å². The summed E-state index contributed by atoms with van der Waals surface area (Å²) in [7, 11) is 1.61. The van der Waals surface area contributed by atoms with Gasteiger partial charge in [-0.1, -0.05) is 46.4 Å². The van der Waals surface area contributed by atoms with Gasteiger partial charge in [-0.25, -0.2) is 4.98 Å². The first-order chi connectivity index (χ1) is 12.0. The zero-order valence-electron chi connectivity index (χ0n) is 12.9. The van der Waals surface area contributed by atoms with Crippen molar-refractivity contribution in [3.8, 4) is 5.75 Å². The molecule has 1 heterocycles. The van der Waals surface area contributed by atoms with E-state index in [2.05, 4.69) is 15.5 Å². The van der Waals surface area contributed by atoms with Crippen molar-refractivity contribution >= 4 is 69.2 Å². The van der Waals surface area contributed by atoms with E-state index in [1.807, 2.05) is 24.3 Å². The Bertz CT molecular complexity index is 953. The predicted octanol–water partition coefficient (Wildman–Crippen LogP) is 6.30. The van der Waals surface area contributed by atoms with Crippen LogP contribution in [0.3, 0.4) is 0 Å². The third-order valence-electron chi connectivity index (χ3n) is 3.39. The van der Waals surface area contributed by atoms with Crippen LogP contribution < -0.4 is 10.2 Å². The molecule has 3 rings (SSSR count). The van der Waals surface area contributed by atoms with Gasteiger partial charge in [0.2, 0.25) is 0 Å². The topological polar surface area (TPSA) is 46.5 Å². The summed E-state index contributed by atoms with van der Waals surface area (Å²) in [5.41, 5.74) is 4.64. The van der Waals surface area contributed by atoms with E-state index >= 15 is 0 Å². The molecule has 0 atom stereocenters. The number of hydrogen-bond acceptors (Lipinski definition) is 4. The van der Waals surface area contributed by atoms with Crippen LogP contribution in [0.15, 0.2) is 41.5 Å². The first kappa shape index (κ1) is 18.1. The molecule has 0 aliphatic rings. The van der Waals surface area contributed by atoms with E-state index in [-0.39, 0.29) is 0 Å². The molecule has 0 unspecified atom stereocenters. The molecule has 128 valence electrons. The van der Waals surface area contributed by atoms with E-state index in [1.54, 1.807) is 19.2 Å². The van der Waals surface area contributed by atoms with E-state index in [9.17, 15) is 0 Å². The lowest BCUT2D eigenvalue weighted by Gasteiger charge is -2.07. The van der Waals surface area contributed by atoms with Crippen molar-refractivity contribution in [3.63, 3.8) is 0 Å². The van der Waals surface area contributed by atoms with Crippen LogP contribution in [0, 0.1) is 0 Å². The van der Waals surface area contributed by atoms with Gasteiger partial charge in [0, 0.05) is 16.0 Å². The van der Waals surface area contributed by atoms with Gasteiger partial charge in [0.15, 0.2) is 0 Å². The number of anilines is 1. The summed E-state index contributed by atoms with van der Waals surface area (Å²) in [5, 5.41) is 6.51. The van der Waals surface area contributed by atoms with Gasteiger partial charge in [-0.15, -0.1) is 0 Å². The van der Waals surface area contributed by atoms with Gasteiger partial charge in [-0.05, 0) is 36.4 Å². The number of benzene rings is 2. The molecule has 0 spiro atoms. The Morgan fingerprint density at radius 3 is 2.44 bits per heavy atom. The number of hydrazone groups is 1. The third-order valence-corrected chi connectivity index (χ3v) is 4.51. The maximum atomic E-state index is 6.21. The van der Waals surface area contributed by atoms with E-state index in [4.69, 9.17) is 51.1 Å². The van der Waals surface area contributed by atoms with Gasteiger partial charge in [0.1, 0.15) is 10.9 Å². The second kappa shape index (κ2) is 7.67. The van der Waals surface area contributed by atoms with Gasteiger partial charge in [-0.3, -0.25) is 5.43 Å². The SMILES string of the molecule is COc1ccc2nc(Cl)c(C=NNc3c(Cl)cc(Cl)cc3Cl)cc2c1. The first-order valence-corrected chi connectivity index (χ1v) is 8.57. The van der Waals surface area contributed by atoms with Gasteiger partial charge < -0.3 is 4.74 Å². The van der Waals surface area contributed by atoms with Crippen LogP contribution in [-0.2, 0) is 0 Å². The fraction of sp³-hybridized carbons (Fsp3) is 0.0588. The maximum absolute atomic E-state index is 6.21. The summed E-state index contributed by atoms with van der Waals surface area (Å²) < 4.78 is 5.22. The van der Waals surface area contributed by atoms with Crippen molar-refractivity contribution in [3.05, 3.63) is 62.2 Å². The summed E-state index contributed by atoms with van der Waals surface area (Å²) in [6.07, 6.45) is 1.54. The predicted molar refractivity (Wildman–Crippen MR) is 106 cm³/mol. The van der Waals surface area contributed by atoms with Crippen LogP contribution in [0.2, 0.25) is 20.2 Å². The number of aromatic nitrogens is 1. The summed E-state index contributed by atoms with van der Waals surface area (Å²) in [6, 6.07) is 10.5. The molecule has 0 saturated carbocycles. The molecule has 3 aromatic rings. The van der Waals surface area contributed by atoms with Gasteiger partial charge in [0.05, 0.1) is 34.6 Å². The van der Waals surface area contributed by atoms with Crippen LogP contribution in [0.4, 0.5) is 5.69 Å². The standard InChI is InChI=1S/C17H11Cl4N3O/c1-25-12-2-3-15-9(5-12)4-10(17(21)23-15)8-22-24-16-13(19)6-11(18)7-14(16)20/h2-8,24H,1H3. The second-order valence-electron chi connectivity index (χ2n) is 5.04. The highest BCUT2D eigenvalue weighted by Gasteiger charge is 2.08. The number of halogens is 4. The molecule has 0 fully saturated rings. The van der Waals surface area contributed by atoms with E-state index in [0.29, 0.717) is 31.5 Å². The van der Waals surface area contributed by atoms with E-state index in [1.165, 1.54) is 6.21 Å². The van der Waals surface area contributed by atoms with Crippen molar-refractivity contribution in [1.29, 1.82) is 0 Å². The fourth-order valence-electron chi connectivity index (χ4n) is 2.18. The summed E-state index contributed by atoms with van der Waals surface area (Å²) in [5.74, 6) is 0.734. The van der Waals surface area contributed by atoms with Crippen molar-refractivity contribution in [2.75, 3.05) is 12.5 Å². The number of pyridine rings is 1. The zero-order chi connectivity index (χ0) is 18.0. The molecule has 0 saturated heterocycles. The zero-order valence-corrected chi connectivity index (χ0v) is 15.9. The minimum absolute atomic E-state index is 0.330.